The largest absolute Gasteiger partial charge is 0.481 e. The summed E-state index contributed by atoms with van der Waals surface area (Å²) in [5, 5.41) is 13.6. The van der Waals surface area contributed by atoms with Crippen LogP contribution in [0, 0.1) is 5.41 Å². The van der Waals surface area contributed by atoms with Crippen molar-refractivity contribution in [3.63, 3.8) is 0 Å². The van der Waals surface area contributed by atoms with Gasteiger partial charge in [0.05, 0.1) is 5.41 Å². The third-order valence-electron chi connectivity index (χ3n) is 3.92. The second kappa shape index (κ2) is 6.57. The van der Waals surface area contributed by atoms with E-state index in [1.54, 1.807) is 6.20 Å². The summed E-state index contributed by atoms with van der Waals surface area (Å²) < 4.78 is 1.82. The molecular weight excluding hydrogens is 228 g/mol. The van der Waals surface area contributed by atoms with Gasteiger partial charge < -0.3 is 5.11 Å². The fourth-order valence-electron chi connectivity index (χ4n) is 2.37. The highest BCUT2D eigenvalue weighted by atomic mass is 16.4. The number of carbonyl (C=O) groups is 1. The minimum atomic E-state index is -0.652. The molecule has 102 valence electrons. The van der Waals surface area contributed by atoms with Crippen LogP contribution in [0.4, 0.5) is 0 Å². The van der Waals surface area contributed by atoms with E-state index in [1.807, 2.05) is 24.7 Å². The molecule has 1 aromatic rings. The van der Waals surface area contributed by atoms with Gasteiger partial charge in [-0.25, -0.2) is 0 Å². The van der Waals surface area contributed by atoms with Crippen LogP contribution in [0.2, 0.25) is 0 Å². The first-order valence-corrected chi connectivity index (χ1v) is 6.76. The average Bonchev–Trinajstić information content (AvgIpc) is 2.75. The Labute approximate surface area is 109 Å². The standard InChI is InChI=1S/C14H24N2O2/c1-4-6-9-14(5-2,13(17)18)10-7-12-8-11-15-16(12)3/h8,11H,4-7,9-10H2,1-3H3,(H,17,18). The van der Waals surface area contributed by atoms with Crippen molar-refractivity contribution < 1.29 is 9.90 Å². The van der Waals surface area contributed by atoms with Gasteiger partial charge in [0.15, 0.2) is 0 Å². The van der Waals surface area contributed by atoms with Crippen molar-refractivity contribution in [3.05, 3.63) is 18.0 Å². The third kappa shape index (κ3) is 3.34. The van der Waals surface area contributed by atoms with E-state index in [1.165, 1.54) is 0 Å². The number of carboxylic acids is 1. The Hall–Kier alpha value is -1.32. The van der Waals surface area contributed by atoms with Gasteiger partial charge in [-0.2, -0.15) is 5.10 Å². The number of unbranched alkanes of at least 4 members (excludes halogenated alkanes) is 1. The summed E-state index contributed by atoms with van der Waals surface area (Å²) in [5.41, 5.74) is 0.533. The average molecular weight is 252 g/mol. The lowest BCUT2D eigenvalue weighted by Gasteiger charge is -2.28. The summed E-state index contributed by atoms with van der Waals surface area (Å²) in [6, 6.07) is 1.96. The lowest BCUT2D eigenvalue weighted by atomic mass is 9.76. The fraction of sp³-hybridized carbons (Fsp3) is 0.714. The van der Waals surface area contributed by atoms with Crippen molar-refractivity contribution in [1.82, 2.24) is 9.78 Å². The Morgan fingerprint density at radius 3 is 2.61 bits per heavy atom. The zero-order chi connectivity index (χ0) is 13.6. The van der Waals surface area contributed by atoms with Crippen LogP contribution in [0.5, 0.6) is 0 Å². The van der Waals surface area contributed by atoms with Crippen LogP contribution in [-0.2, 0) is 18.3 Å². The molecule has 1 atom stereocenters. The van der Waals surface area contributed by atoms with Crippen LogP contribution in [0.15, 0.2) is 12.3 Å². The number of aliphatic carboxylic acids is 1. The lowest BCUT2D eigenvalue weighted by Crippen LogP contribution is -2.31. The van der Waals surface area contributed by atoms with Crippen molar-refractivity contribution in [2.24, 2.45) is 12.5 Å². The van der Waals surface area contributed by atoms with Crippen molar-refractivity contribution >= 4 is 5.97 Å². The molecule has 0 aliphatic rings. The third-order valence-corrected chi connectivity index (χ3v) is 3.92. The van der Waals surface area contributed by atoms with E-state index in [9.17, 15) is 9.90 Å². The summed E-state index contributed by atoms with van der Waals surface area (Å²) >= 11 is 0. The van der Waals surface area contributed by atoms with E-state index in [0.717, 1.165) is 31.4 Å². The van der Waals surface area contributed by atoms with Crippen LogP contribution in [0.3, 0.4) is 0 Å². The maximum atomic E-state index is 11.6. The minimum absolute atomic E-state index is 0.569. The van der Waals surface area contributed by atoms with Crippen LogP contribution in [0.1, 0.15) is 51.6 Å². The Bertz CT molecular complexity index is 387. The number of rotatable bonds is 8. The van der Waals surface area contributed by atoms with Gasteiger partial charge in [-0.3, -0.25) is 9.48 Å². The number of aromatic nitrogens is 2. The first kappa shape index (κ1) is 14.7. The molecule has 1 heterocycles. The van der Waals surface area contributed by atoms with Gasteiger partial charge in [-0.05, 0) is 31.7 Å². The number of nitrogens with zero attached hydrogens (tertiary/aromatic N) is 2. The van der Waals surface area contributed by atoms with Gasteiger partial charge in [0.25, 0.3) is 0 Å². The van der Waals surface area contributed by atoms with E-state index in [0.29, 0.717) is 12.8 Å². The van der Waals surface area contributed by atoms with Crippen molar-refractivity contribution in [2.45, 2.75) is 52.4 Å². The summed E-state index contributed by atoms with van der Waals surface area (Å²) in [6.07, 6.45) is 6.72. The van der Waals surface area contributed by atoms with Crippen LogP contribution >= 0.6 is 0 Å². The number of hydrogen-bond acceptors (Lipinski definition) is 2. The molecule has 0 spiro atoms. The van der Waals surface area contributed by atoms with Crippen molar-refractivity contribution in [3.8, 4) is 0 Å². The van der Waals surface area contributed by atoms with Gasteiger partial charge in [0.2, 0.25) is 0 Å². The van der Waals surface area contributed by atoms with Gasteiger partial charge in [0, 0.05) is 18.9 Å². The Balaban J connectivity index is 2.72. The quantitative estimate of drug-likeness (QED) is 0.773. The highest BCUT2D eigenvalue weighted by molar-refractivity contribution is 5.74. The fourth-order valence-corrected chi connectivity index (χ4v) is 2.37. The molecule has 18 heavy (non-hydrogen) atoms. The maximum absolute atomic E-state index is 11.6. The van der Waals surface area contributed by atoms with Gasteiger partial charge in [0.1, 0.15) is 0 Å². The van der Waals surface area contributed by atoms with Crippen LogP contribution < -0.4 is 0 Å². The molecule has 0 amide bonds. The van der Waals surface area contributed by atoms with E-state index in [2.05, 4.69) is 12.0 Å². The molecule has 0 bridgehead atoms. The summed E-state index contributed by atoms with van der Waals surface area (Å²) in [5.74, 6) is -0.652. The van der Waals surface area contributed by atoms with Gasteiger partial charge in [-0.15, -0.1) is 0 Å². The lowest BCUT2D eigenvalue weighted by molar-refractivity contribution is -0.150. The summed E-state index contributed by atoms with van der Waals surface area (Å²) in [7, 11) is 1.90. The molecule has 0 aromatic carbocycles. The highest BCUT2D eigenvalue weighted by Gasteiger charge is 2.35. The number of carboxylic acid groups (broad SMARTS) is 1. The van der Waals surface area contributed by atoms with Crippen molar-refractivity contribution in [1.29, 1.82) is 0 Å². The summed E-state index contributed by atoms with van der Waals surface area (Å²) in [6.45, 7) is 4.08. The molecular formula is C14H24N2O2. The second-order valence-electron chi connectivity index (χ2n) is 4.99. The maximum Gasteiger partial charge on any atom is 0.309 e. The SMILES string of the molecule is CCCCC(CC)(CCc1ccnn1C)C(=O)O. The molecule has 1 N–H and O–H groups in total. The first-order chi connectivity index (χ1) is 8.55. The minimum Gasteiger partial charge on any atom is -0.481 e. The summed E-state index contributed by atoms with van der Waals surface area (Å²) in [4.78, 5) is 11.6. The molecule has 0 radical (unpaired) electrons. The number of aryl methyl sites for hydroxylation is 2. The van der Waals surface area contributed by atoms with Crippen LogP contribution in [0.25, 0.3) is 0 Å². The predicted molar refractivity (Wildman–Crippen MR) is 71.4 cm³/mol. The van der Waals surface area contributed by atoms with E-state index in [-0.39, 0.29) is 0 Å². The smallest absolute Gasteiger partial charge is 0.309 e. The van der Waals surface area contributed by atoms with E-state index < -0.39 is 11.4 Å². The zero-order valence-electron chi connectivity index (χ0n) is 11.6. The Kier molecular flexibility index (Phi) is 5.38. The molecule has 0 fully saturated rings. The molecule has 0 saturated heterocycles. The highest BCUT2D eigenvalue weighted by Crippen LogP contribution is 2.34. The molecule has 4 nitrogen and oxygen atoms in total. The van der Waals surface area contributed by atoms with Gasteiger partial charge >= 0.3 is 5.97 Å². The monoisotopic (exact) mass is 252 g/mol. The second-order valence-corrected chi connectivity index (χ2v) is 4.99. The molecule has 0 aliphatic carbocycles. The molecule has 1 rings (SSSR count). The van der Waals surface area contributed by atoms with Gasteiger partial charge in [-0.1, -0.05) is 26.7 Å². The first-order valence-electron chi connectivity index (χ1n) is 6.76. The Morgan fingerprint density at radius 2 is 2.17 bits per heavy atom. The molecule has 0 saturated carbocycles. The normalized spacial score (nSPS) is 14.4. The molecule has 0 aliphatic heterocycles. The van der Waals surface area contributed by atoms with Crippen LogP contribution in [-0.4, -0.2) is 20.9 Å². The van der Waals surface area contributed by atoms with E-state index >= 15 is 0 Å². The zero-order valence-corrected chi connectivity index (χ0v) is 11.6. The van der Waals surface area contributed by atoms with Crippen molar-refractivity contribution in [2.75, 3.05) is 0 Å². The Morgan fingerprint density at radius 1 is 1.44 bits per heavy atom. The molecule has 1 unspecified atom stereocenters. The topological polar surface area (TPSA) is 55.1 Å². The molecule has 1 aromatic heterocycles. The number of hydrogen-bond donors (Lipinski definition) is 1. The van der Waals surface area contributed by atoms with E-state index in [4.69, 9.17) is 0 Å². The molecule has 4 heteroatoms. The predicted octanol–water partition coefficient (Wildman–Crippen LogP) is 3.02.